The zero-order valence-corrected chi connectivity index (χ0v) is 12.0. The molecular formula is C15H18N2O2S. The SMILES string of the molecule is NCCN(Cc1ccccc1)S(=O)(=O)c1ccccc1. The molecule has 0 unspecified atom stereocenters. The van der Waals surface area contributed by atoms with Crippen molar-refractivity contribution in [2.45, 2.75) is 11.4 Å². The molecule has 2 N–H and O–H groups in total. The first-order chi connectivity index (χ1) is 9.64. The number of hydrogen-bond donors (Lipinski definition) is 1. The first-order valence-corrected chi connectivity index (χ1v) is 7.88. The smallest absolute Gasteiger partial charge is 0.243 e. The summed E-state index contributed by atoms with van der Waals surface area (Å²) in [5.41, 5.74) is 6.50. The van der Waals surface area contributed by atoms with Crippen molar-refractivity contribution in [2.24, 2.45) is 5.73 Å². The van der Waals surface area contributed by atoms with Gasteiger partial charge < -0.3 is 5.73 Å². The van der Waals surface area contributed by atoms with Crippen LogP contribution >= 0.6 is 0 Å². The Labute approximate surface area is 119 Å². The second-order valence-electron chi connectivity index (χ2n) is 4.43. The minimum Gasteiger partial charge on any atom is -0.329 e. The molecule has 0 saturated carbocycles. The quantitative estimate of drug-likeness (QED) is 0.883. The molecule has 2 aromatic rings. The molecule has 4 nitrogen and oxygen atoms in total. The highest BCUT2D eigenvalue weighted by molar-refractivity contribution is 7.89. The fourth-order valence-electron chi connectivity index (χ4n) is 1.96. The highest BCUT2D eigenvalue weighted by Crippen LogP contribution is 2.17. The Morgan fingerprint density at radius 2 is 1.45 bits per heavy atom. The lowest BCUT2D eigenvalue weighted by Gasteiger charge is -2.21. The molecular weight excluding hydrogens is 272 g/mol. The van der Waals surface area contributed by atoms with Crippen LogP contribution in [0.3, 0.4) is 0 Å². The summed E-state index contributed by atoms with van der Waals surface area (Å²) in [4.78, 5) is 0.296. The number of hydrogen-bond acceptors (Lipinski definition) is 3. The zero-order chi connectivity index (χ0) is 14.4. The third-order valence-corrected chi connectivity index (χ3v) is 4.82. The molecule has 0 heterocycles. The molecule has 2 rings (SSSR count). The third-order valence-electron chi connectivity index (χ3n) is 2.96. The van der Waals surface area contributed by atoms with Crippen LogP contribution in [-0.2, 0) is 16.6 Å². The first-order valence-electron chi connectivity index (χ1n) is 6.44. The molecule has 0 amide bonds. The van der Waals surface area contributed by atoms with Gasteiger partial charge in [0.1, 0.15) is 0 Å². The lowest BCUT2D eigenvalue weighted by Crippen LogP contribution is -2.34. The molecule has 0 aromatic heterocycles. The topological polar surface area (TPSA) is 63.4 Å². The summed E-state index contributed by atoms with van der Waals surface area (Å²) in [6, 6.07) is 17.9. The zero-order valence-electron chi connectivity index (χ0n) is 11.1. The summed E-state index contributed by atoms with van der Waals surface area (Å²) in [6.07, 6.45) is 0. The van der Waals surface area contributed by atoms with Crippen molar-refractivity contribution in [2.75, 3.05) is 13.1 Å². The normalized spacial score (nSPS) is 11.7. The molecule has 0 atom stereocenters. The van der Waals surface area contributed by atoms with E-state index in [1.165, 1.54) is 4.31 Å². The molecule has 0 radical (unpaired) electrons. The first kappa shape index (κ1) is 14.7. The van der Waals surface area contributed by atoms with Crippen molar-refractivity contribution in [3.05, 3.63) is 66.2 Å². The maximum atomic E-state index is 12.6. The molecule has 0 bridgehead atoms. The van der Waals surface area contributed by atoms with Gasteiger partial charge in [0, 0.05) is 19.6 Å². The lowest BCUT2D eigenvalue weighted by atomic mass is 10.2. The Kier molecular flexibility index (Phi) is 4.89. The Morgan fingerprint density at radius 1 is 0.900 bits per heavy atom. The van der Waals surface area contributed by atoms with E-state index in [1.54, 1.807) is 30.3 Å². The van der Waals surface area contributed by atoms with Crippen LogP contribution in [0.25, 0.3) is 0 Å². The molecule has 0 aliphatic rings. The lowest BCUT2D eigenvalue weighted by molar-refractivity contribution is 0.414. The van der Waals surface area contributed by atoms with Gasteiger partial charge in [-0.2, -0.15) is 4.31 Å². The van der Waals surface area contributed by atoms with Gasteiger partial charge in [0.25, 0.3) is 0 Å². The maximum Gasteiger partial charge on any atom is 0.243 e. The monoisotopic (exact) mass is 290 g/mol. The maximum absolute atomic E-state index is 12.6. The molecule has 2 aromatic carbocycles. The van der Waals surface area contributed by atoms with Gasteiger partial charge in [-0.25, -0.2) is 8.42 Å². The molecule has 106 valence electrons. The number of nitrogens with two attached hydrogens (primary N) is 1. The molecule has 20 heavy (non-hydrogen) atoms. The van der Waals surface area contributed by atoms with E-state index in [9.17, 15) is 8.42 Å². The molecule has 0 saturated heterocycles. The average Bonchev–Trinajstić information content (AvgIpc) is 2.49. The van der Waals surface area contributed by atoms with E-state index in [0.29, 0.717) is 24.5 Å². The van der Waals surface area contributed by atoms with E-state index in [-0.39, 0.29) is 0 Å². The van der Waals surface area contributed by atoms with E-state index in [0.717, 1.165) is 5.56 Å². The Morgan fingerprint density at radius 3 is 2.00 bits per heavy atom. The number of benzene rings is 2. The van der Waals surface area contributed by atoms with Gasteiger partial charge in [0.15, 0.2) is 0 Å². The number of rotatable bonds is 6. The van der Waals surface area contributed by atoms with Crippen molar-refractivity contribution in [1.82, 2.24) is 4.31 Å². The van der Waals surface area contributed by atoms with Crippen molar-refractivity contribution >= 4 is 10.0 Å². The van der Waals surface area contributed by atoms with Gasteiger partial charge in [0.2, 0.25) is 10.0 Å². The van der Waals surface area contributed by atoms with Gasteiger partial charge in [-0.1, -0.05) is 48.5 Å². The van der Waals surface area contributed by atoms with E-state index >= 15 is 0 Å². The van der Waals surface area contributed by atoms with Gasteiger partial charge in [-0.05, 0) is 17.7 Å². The van der Waals surface area contributed by atoms with Crippen LogP contribution in [0.5, 0.6) is 0 Å². The van der Waals surface area contributed by atoms with Crippen molar-refractivity contribution in [3.63, 3.8) is 0 Å². The highest BCUT2D eigenvalue weighted by atomic mass is 32.2. The number of sulfonamides is 1. The van der Waals surface area contributed by atoms with Crippen LogP contribution in [0, 0.1) is 0 Å². The van der Waals surface area contributed by atoms with Crippen LogP contribution in [0.2, 0.25) is 0 Å². The minimum absolute atomic E-state index is 0.291. The van der Waals surface area contributed by atoms with E-state index in [1.807, 2.05) is 30.3 Å². The highest BCUT2D eigenvalue weighted by Gasteiger charge is 2.23. The van der Waals surface area contributed by atoms with Crippen molar-refractivity contribution < 1.29 is 8.42 Å². The van der Waals surface area contributed by atoms with Crippen LogP contribution in [0.15, 0.2) is 65.6 Å². The largest absolute Gasteiger partial charge is 0.329 e. The van der Waals surface area contributed by atoms with Crippen LogP contribution in [-0.4, -0.2) is 25.8 Å². The third kappa shape index (κ3) is 3.45. The average molecular weight is 290 g/mol. The summed E-state index contributed by atoms with van der Waals surface area (Å²) in [5, 5.41) is 0. The number of nitrogens with zero attached hydrogens (tertiary/aromatic N) is 1. The Balaban J connectivity index is 2.29. The molecule has 0 fully saturated rings. The van der Waals surface area contributed by atoms with Crippen molar-refractivity contribution in [3.8, 4) is 0 Å². The summed E-state index contributed by atoms with van der Waals surface area (Å²) in [7, 11) is -3.51. The summed E-state index contributed by atoms with van der Waals surface area (Å²) >= 11 is 0. The fraction of sp³-hybridized carbons (Fsp3) is 0.200. The summed E-state index contributed by atoms with van der Waals surface area (Å²) < 4.78 is 26.6. The molecule has 0 aliphatic carbocycles. The molecule has 5 heteroatoms. The minimum atomic E-state index is -3.51. The van der Waals surface area contributed by atoms with Gasteiger partial charge in [-0.3, -0.25) is 0 Å². The standard InChI is InChI=1S/C15H18N2O2S/c16-11-12-17(13-14-7-3-1-4-8-14)20(18,19)15-9-5-2-6-10-15/h1-10H,11-13,16H2. The Hall–Kier alpha value is -1.69. The van der Waals surface area contributed by atoms with Crippen molar-refractivity contribution in [1.29, 1.82) is 0 Å². The van der Waals surface area contributed by atoms with Crippen LogP contribution in [0.1, 0.15) is 5.56 Å². The van der Waals surface area contributed by atoms with Gasteiger partial charge in [-0.15, -0.1) is 0 Å². The summed E-state index contributed by atoms with van der Waals surface area (Å²) in [5.74, 6) is 0. The second-order valence-corrected chi connectivity index (χ2v) is 6.36. The van der Waals surface area contributed by atoms with Gasteiger partial charge >= 0.3 is 0 Å². The van der Waals surface area contributed by atoms with Crippen LogP contribution < -0.4 is 5.73 Å². The second kappa shape index (κ2) is 6.65. The van der Waals surface area contributed by atoms with E-state index in [2.05, 4.69) is 0 Å². The molecule has 0 spiro atoms. The Bertz CT molecular complexity index is 627. The van der Waals surface area contributed by atoms with E-state index in [4.69, 9.17) is 5.73 Å². The summed E-state index contributed by atoms with van der Waals surface area (Å²) in [6.45, 7) is 0.917. The molecule has 0 aliphatic heterocycles. The van der Waals surface area contributed by atoms with E-state index < -0.39 is 10.0 Å². The fourth-order valence-corrected chi connectivity index (χ4v) is 3.42. The van der Waals surface area contributed by atoms with Crippen LogP contribution in [0.4, 0.5) is 0 Å². The van der Waals surface area contributed by atoms with Gasteiger partial charge in [0.05, 0.1) is 4.90 Å². The predicted octanol–water partition coefficient (Wildman–Crippen LogP) is 1.84. The predicted molar refractivity (Wildman–Crippen MR) is 79.5 cm³/mol.